The number of aromatic nitrogens is 2. The molecular formula is C22H25N3O2. The smallest absolute Gasteiger partial charge is 0.251 e. The number of aliphatic hydroxyl groups is 1. The number of nitrogens with zero attached hydrogens (tertiary/aromatic N) is 2. The van der Waals surface area contributed by atoms with Gasteiger partial charge in [-0.05, 0) is 55.7 Å². The van der Waals surface area contributed by atoms with Crippen LogP contribution in [0.4, 0.5) is 0 Å². The van der Waals surface area contributed by atoms with Gasteiger partial charge in [0.05, 0.1) is 18.3 Å². The molecular weight excluding hydrogens is 338 g/mol. The molecule has 140 valence electrons. The second kappa shape index (κ2) is 8.18. The molecule has 0 aliphatic rings. The maximum atomic E-state index is 12.6. The fourth-order valence-corrected chi connectivity index (χ4v) is 3.16. The molecule has 3 aromatic rings. The first-order chi connectivity index (χ1) is 13.0. The second-order valence-electron chi connectivity index (χ2n) is 6.87. The van der Waals surface area contributed by atoms with Crippen LogP contribution in [0.3, 0.4) is 0 Å². The number of rotatable bonds is 6. The first kappa shape index (κ1) is 18.9. The molecule has 0 saturated heterocycles. The van der Waals surface area contributed by atoms with Gasteiger partial charge in [0.1, 0.15) is 0 Å². The highest BCUT2D eigenvalue weighted by atomic mass is 16.3. The molecule has 0 radical (unpaired) electrons. The van der Waals surface area contributed by atoms with Gasteiger partial charge >= 0.3 is 0 Å². The molecule has 0 fully saturated rings. The van der Waals surface area contributed by atoms with E-state index in [1.54, 1.807) is 0 Å². The predicted molar refractivity (Wildman–Crippen MR) is 107 cm³/mol. The van der Waals surface area contributed by atoms with Crippen LogP contribution in [0.2, 0.25) is 0 Å². The van der Waals surface area contributed by atoms with Gasteiger partial charge in [-0.3, -0.25) is 9.48 Å². The van der Waals surface area contributed by atoms with E-state index in [9.17, 15) is 4.79 Å². The molecule has 2 aromatic carbocycles. The number of aliphatic hydroxyl groups excluding tert-OH is 1. The third-order valence-electron chi connectivity index (χ3n) is 4.61. The van der Waals surface area contributed by atoms with Gasteiger partial charge in [-0.1, -0.05) is 36.4 Å². The highest BCUT2D eigenvalue weighted by molar-refractivity contribution is 5.95. The number of carbonyl (C=O) groups is 1. The molecule has 1 amide bonds. The highest BCUT2D eigenvalue weighted by Gasteiger charge is 2.12. The largest absolute Gasteiger partial charge is 0.392 e. The summed E-state index contributed by atoms with van der Waals surface area (Å²) in [5.74, 6) is -0.0998. The van der Waals surface area contributed by atoms with Gasteiger partial charge < -0.3 is 10.4 Å². The Morgan fingerprint density at radius 1 is 1.11 bits per heavy atom. The van der Waals surface area contributed by atoms with Gasteiger partial charge in [-0.15, -0.1) is 0 Å². The van der Waals surface area contributed by atoms with Crippen molar-refractivity contribution in [2.75, 3.05) is 6.54 Å². The van der Waals surface area contributed by atoms with Crippen molar-refractivity contribution in [3.63, 3.8) is 0 Å². The Morgan fingerprint density at radius 3 is 2.48 bits per heavy atom. The fraction of sp³-hybridized carbons (Fsp3) is 0.273. The second-order valence-corrected chi connectivity index (χ2v) is 6.87. The summed E-state index contributed by atoms with van der Waals surface area (Å²) < 4.78 is 1.94. The number of amides is 1. The quantitative estimate of drug-likeness (QED) is 0.702. The minimum Gasteiger partial charge on any atom is -0.392 e. The highest BCUT2D eigenvalue weighted by Crippen LogP contribution is 2.21. The average molecular weight is 363 g/mol. The number of aryl methyl sites for hydroxylation is 2. The van der Waals surface area contributed by atoms with E-state index in [1.807, 2.05) is 80.1 Å². The molecule has 0 saturated carbocycles. The van der Waals surface area contributed by atoms with E-state index in [4.69, 9.17) is 5.11 Å². The van der Waals surface area contributed by atoms with Gasteiger partial charge in [0, 0.05) is 17.8 Å². The summed E-state index contributed by atoms with van der Waals surface area (Å²) in [4.78, 5) is 12.6. The van der Waals surface area contributed by atoms with Crippen molar-refractivity contribution in [1.82, 2.24) is 15.1 Å². The van der Waals surface area contributed by atoms with Crippen molar-refractivity contribution in [1.29, 1.82) is 0 Å². The summed E-state index contributed by atoms with van der Waals surface area (Å²) in [6, 6.07) is 17.3. The molecule has 1 atom stereocenters. The standard InChI is InChI=1S/C22H25N3O2/c1-15-11-16(2)25(24-15)17(3)13-23-22(27)21-6-4-5-20(12-21)19-9-7-18(14-26)8-10-19/h4-12,17,26H,13-14H2,1-3H3,(H,23,27). The lowest BCUT2D eigenvalue weighted by atomic mass is 10.0. The number of carbonyl (C=O) groups excluding carboxylic acids is 1. The molecule has 1 aromatic heterocycles. The predicted octanol–water partition coefficient (Wildman–Crippen LogP) is 3.65. The molecule has 0 spiro atoms. The lowest BCUT2D eigenvalue weighted by molar-refractivity contribution is 0.0947. The van der Waals surface area contributed by atoms with Gasteiger partial charge in [-0.2, -0.15) is 5.10 Å². The molecule has 3 rings (SSSR count). The molecule has 0 aliphatic heterocycles. The number of nitrogens with one attached hydrogen (secondary N) is 1. The van der Waals surface area contributed by atoms with Crippen molar-refractivity contribution in [2.45, 2.75) is 33.4 Å². The molecule has 5 heteroatoms. The van der Waals surface area contributed by atoms with E-state index in [0.717, 1.165) is 28.1 Å². The Labute approximate surface area is 159 Å². The van der Waals surface area contributed by atoms with Crippen LogP contribution in [0.25, 0.3) is 11.1 Å². The van der Waals surface area contributed by atoms with Crippen LogP contribution >= 0.6 is 0 Å². The lowest BCUT2D eigenvalue weighted by Gasteiger charge is -2.15. The Balaban J connectivity index is 1.68. The third-order valence-corrected chi connectivity index (χ3v) is 4.61. The summed E-state index contributed by atoms with van der Waals surface area (Å²) in [6.45, 7) is 6.56. The maximum Gasteiger partial charge on any atom is 0.251 e. The topological polar surface area (TPSA) is 67.2 Å². The number of hydrogen-bond donors (Lipinski definition) is 2. The van der Waals surface area contributed by atoms with Crippen LogP contribution in [0, 0.1) is 13.8 Å². The average Bonchev–Trinajstić information content (AvgIpc) is 3.04. The zero-order chi connectivity index (χ0) is 19.4. The van der Waals surface area contributed by atoms with E-state index in [1.165, 1.54) is 0 Å². The van der Waals surface area contributed by atoms with Crippen LogP contribution in [-0.2, 0) is 6.61 Å². The van der Waals surface area contributed by atoms with Gasteiger partial charge in [-0.25, -0.2) is 0 Å². The SMILES string of the molecule is Cc1cc(C)n(C(C)CNC(=O)c2cccc(-c3ccc(CO)cc3)c2)n1. The molecule has 5 nitrogen and oxygen atoms in total. The minimum atomic E-state index is -0.0998. The maximum absolute atomic E-state index is 12.6. The number of hydrogen-bond acceptors (Lipinski definition) is 3. The monoisotopic (exact) mass is 363 g/mol. The third kappa shape index (κ3) is 4.44. The van der Waals surface area contributed by atoms with Gasteiger partial charge in [0.25, 0.3) is 5.91 Å². The first-order valence-electron chi connectivity index (χ1n) is 9.09. The van der Waals surface area contributed by atoms with Gasteiger partial charge in [0.15, 0.2) is 0 Å². The normalized spacial score (nSPS) is 12.0. The van der Waals surface area contributed by atoms with Crippen LogP contribution in [-0.4, -0.2) is 27.3 Å². The van der Waals surface area contributed by atoms with E-state index in [2.05, 4.69) is 10.4 Å². The minimum absolute atomic E-state index is 0.0240. The van der Waals surface area contributed by atoms with Crippen LogP contribution in [0.5, 0.6) is 0 Å². The van der Waals surface area contributed by atoms with Crippen molar-refractivity contribution in [3.8, 4) is 11.1 Å². The molecule has 0 bridgehead atoms. The van der Waals surface area contributed by atoms with Crippen LogP contribution in [0.15, 0.2) is 54.6 Å². The van der Waals surface area contributed by atoms with Crippen molar-refractivity contribution < 1.29 is 9.90 Å². The van der Waals surface area contributed by atoms with Gasteiger partial charge in [0.2, 0.25) is 0 Å². The van der Waals surface area contributed by atoms with Crippen LogP contribution < -0.4 is 5.32 Å². The molecule has 2 N–H and O–H groups in total. The summed E-state index contributed by atoms with van der Waals surface area (Å²) in [6.07, 6.45) is 0. The number of benzene rings is 2. The summed E-state index contributed by atoms with van der Waals surface area (Å²) in [5.41, 5.74) is 5.54. The van der Waals surface area contributed by atoms with E-state index in [0.29, 0.717) is 12.1 Å². The van der Waals surface area contributed by atoms with Crippen LogP contribution in [0.1, 0.15) is 40.3 Å². The Morgan fingerprint density at radius 2 is 1.85 bits per heavy atom. The van der Waals surface area contributed by atoms with Crippen molar-refractivity contribution >= 4 is 5.91 Å². The zero-order valence-corrected chi connectivity index (χ0v) is 15.9. The Hall–Kier alpha value is -2.92. The van der Waals surface area contributed by atoms with E-state index < -0.39 is 0 Å². The molecule has 27 heavy (non-hydrogen) atoms. The molecule has 1 unspecified atom stereocenters. The van der Waals surface area contributed by atoms with E-state index in [-0.39, 0.29) is 18.6 Å². The van der Waals surface area contributed by atoms with Crippen molar-refractivity contribution in [2.24, 2.45) is 0 Å². The van der Waals surface area contributed by atoms with E-state index >= 15 is 0 Å². The lowest BCUT2D eigenvalue weighted by Crippen LogP contribution is -2.30. The molecule has 1 heterocycles. The van der Waals surface area contributed by atoms with Crippen molar-refractivity contribution in [3.05, 3.63) is 77.1 Å². The Bertz CT molecular complexity index is 929. The fourth-order valence-electron chi connectivity index (χ4n) is 3.16. The first-order valence-corrected chi connectivity index (χ1v) is 9.09. The summed E-state index contributed by atoms with van der Waals surface area (Å²) in [7, 11) is 0. The Kier molecular flexibility index (Phi) is 5.72. The molecule has 0 aliphatic carbocycles. The zero-order valence-electron chi connectivity index (χ0n) is 15.9. The summed E-state index contributed by atoms with van der Waals surface area (Å²) >= 11 is 0. The summed E-state index contributed by atoms with van der Waals surface area (Å²) in [5, 5.41) is 16.6.